The van der Waals surface area contributed by atoms with Gasteiger partial charge in [0.15, 0.2) is 12.4 Å². The largest absolute Gasteiger partial charge is 0.485 e. The lowest BCUT2D eigenvalue weighted by atomic mass is 10.0. The molecule has 3 heterocycles. The molecule has 4 aromatic rings. The van der Waals surface area contributed by atoms with Crippen molar-refractivity contribution in [2.45, 2.75) is 6.61 Å². The molecule has 0 saturated carbocycles. The van der Waals surface area contributed by atoms with E-state index >= 15 is 0 Å². The molecule has 182 valence electrons. The van der Waals surface area contributed by atoms with Crippen molar-refractivity contribution in [1.82, 2.24) is 41.3 Å². The van der Waals surface area contributed by atoms with Gasteiger partial charge in [0.2, 0.25) is 5.82 Å². The molecule has 0 unspecified atom stereocenters. The number of nitrogens with zero attached hydrogens (tertiary/aromatic N) is 5. The molecule has 0 bridgehead atoms. The van der Waals surface area contributed by atoms with Crippen molar-refractivity contribution >= 4 is 17.5 Å². The van der Waals surface area contributed by atoms with E-state index in [1.807, 2.05) is 18.2 Å². The smallest absolute Gasteiger partial charge is 0.333 e. The van der Waals surface area contributed by atoms with E-state index in [2.05, 4.69) is 41.6 Å². The van der Waals surface area contributed by atoms with E-state index in [0.717, 1.165) is 5.56 Å². The number of benzene rings is 2. The van der Waals surface area contributed by atoms with Crippen LogP contribution in [0.1, 0.15) is 21.7 Å². The molecule has 0 spiro atoms. The third kappa shape index (κ3) is 4.06. The van der Waals surface area contributed by atoms with Gasteiger partial charge in [-0.25, -0.2) is 9.80 Å². The summed E-state index contributed by atoms with van der Waals surface area (Å²) in [5.74, 6) is 0.849. The molecule has 1 aliphatic carbocycles. The summed E-state index contributed by atoms with van der Waals surface area (Å²) in [6, 6.07) is 12.1. The van der Waals surface area contributed by atoms with Gasteiger partial charge in [-0.15, -0.1) is 10.2 Å². The Morgan fingerprint density at radius 3 is 2.69 bits per heavy atom. The average molecular weight is 487 g/mol. The van der Waals surface area contributed by atoms with Crippen LogP contribution in [0.3, 0.4) is 0 Å². The van der Waals surface area contributed by atoms with Gasteiger partial charge in [0.05, 0.1) is 35.7 Å². The SMILES string of the molecule is O=C(Nc1cccc2c1C(=O)c1c(-c3ccc(OCc4nn[nH]n4)cc3)n[nH]c1-2)NN1CCOCC1. The summed E-state index contributed by atoms with van der Waals surface area (Å²) in [6.07, 6.45) is 0. The van der Waals surface area contributed by atoms with E-state index in [9.17, 15) is 9.59 Å². The molecule has 2 aromatic heterocycles. The van der Waals surface area contributed by atoms with Crippen LogP contribution in [0.4, 0.5) is 10.5 Å². The molecule has 0 atom stereocenters. The fourth-order valence-corrected chi connectivity index (χ4v) is 4.27. The van der Waals surface area contributed by atoms with Gasteiger partial charge in [-0.3, -0.25) is 15.3 Å². The number of fused-ring (bicyclic) bond motifs is 3. The Balaban J connectivity index is 1.21. The van der Waals surface area contributed by atoms with Crippen LogP contribution in [0, 0.1) is 0 Å². The second kappa shape index (κ2) is 9.20. The first-order chi connectivity index (χ1) is 17.7. The van der Waals surface area contributed by atoms with Crippen molar-refractivity contribution in [2.24, 2.45) is 0 Å². The van der Waals surface area contributed by atoms with E-state index in [0.29, 0.717) is 71.6 Å². The molecule has 13 nitrogen and oxygen atoms in total. The number of aromatic nitrogens is 6. The third-order valence-electron chi connectivity index (χ3n) is 5.96. The number of carbonyl (C=O) groups excluding carboxylic acids is 2. The number of anilines is 1. The molecule has 13 heteroatoms. The Morgan fingerprint density at radius 2 is 1.92 bits per heavy atom. The van der Waals surface area contributed by atoms with Crippen LogP contribution in [-0.2, 0) is 11.3 Å². The molecule has 2 aromatic carbocycles. The highest BCUT2D eigenvalue weighted by molar-refractivity contribution is 6.26. The number of rotatable bonds is 6. The van der Waals surface area contributed by atoms with E-state index in [-0.39, 0.29) is 12.4 Å². The van der Waals surface area contributed by atoms with E-state index in [1.54, 1.807) is 29.3 Å². The molecule has 0 radical (unpaired) electrons. The van der Waals surface area contributed by atoms with Gasteiger partial charge in [0.1, 0.15) is 11.4 Å². The molecule has 6 rings (SSSR count). The maximum absolute atomic E-state index is 13.5. The Labute approximate surface area is 204 Å². The number of hydrogen-bond donors (Lipinski definition) is 4. The number of hydrogen-bond acceptors (Lipinski definition) is 9. The number of morpholine rings is 1. The van der Waals surface area contributed by atoms with E-state index in [1.165, 1.54) is 0 Å². The van der Waals surface area contributed by atoms with Gasteiger partial charge >= 0.3 is 6.03 Å². The number of urea groups is 1. The predicted molar refractivity (Wildman–Crippen MR) is 126 cm³/mol. The zero-order valence-electron chi connectivity index (χ0n) is 18.9. The lowest BCUT2D eigenvalue weighted by Crippen LogP contribution is -2.49. The van der Waals surface area contributed by atoms with Crippen LogP contribution in [0.2, 0.25) is 0 Å². The highest BCUT2D eigenvalue weighted by Crippen LogP contribution is 2.43. The quantitative estimate of drug-likeness (QED) is 0.279. The molecule has 1 saturated heterocycles. The number of hydrazine groups is 1. The Morgan fingerprint density at radius 1 is 1.08 bits per heavy atom. The minimum absolute atomic E-state index is 0.177. The van der Waals surface area contributed by atoms with Gasteiger partial charge < -0.3 is 14.8 Å². The second-order valence-corrected chi connectivity index (χ2v) is 8.19. The van der Waals surface area contributed by atoms with Gasteiger partial charge in [0.25, 0.3) is 0 Å². The molecule has 2 amide bonds. The number of amides is 2. The number of tetrazole rings is 1. The molecular formula is C23H21N9O4. The molecular weight excluding hydrogens is 466 g/mol. The van der Waals surface area contributed by atoms with Crippen LogP contribution in [0.25, 0.3) is 22.5 Å². The van der Waals surface area contributed by atoms with Crippen molar-refractivity contribution in [3.05, 3.63) is 59.4 Å². The number of ether oxygens (including phenoxy) is 2. The molecule has 4 N–H and O–H groups in total. The first kappa shape index (κ1) is 21.9. The molecule has 2 aliphatic rings. The van der Waals surface area contributed by atoms with E-state index in [4.69, 9.17) is 9.47 Å². The lowest BCUT2D eigenvalue weighted by molar-refractivity contribution is 0.0207. The van der Waals surface area contributed by atoms with Crippen LogP contribution in [0.5, 0.6) is 5.75 Å². The monoisotopic (exact) mass is 487 g/mol. The summed E-state index contributed by atoms with van der Waals surface area (Å²) in [4.78, 5) is 26.1. The summed E-state index contributed by atoms with van der Waals surface area (Å²) in [5.41, 5.74) is 6.72. The standard InChI is InChI=1S/C23H21N9O4/c33-22-18-15(2-1-3-16(18)24-23(34)29-32-8-10-35-11-9-32)21-19(22)20(27-28-21)13-4-6-14(7-5-13)36-12-17-25-30-31-26-17/h1-7H,8-12H2,(H,27,28)(H2,24,29,34)(H,25,26,30,31). The Hall–Kier alpha value is -4.62. The topological polar surface area (TPSA) is 163 Å². The average Bonchev–Trinajstić information content (AvgIpc) is 3.63. The summed E-state index contributed by atoms with van der Waals surface area (Å²) in [6.45, 7) is 2.47. The minimum Gasteiger partial charge on any atom is -0.485 e. The van der Waals surface area contributed by atoms with Crippen molar-refractivity contribution < 1.29 is 19.1 Å². The fourth-order valence-electron chi connectivity index (χ4n) is 4.27. The second-order valence-electron chi connectivity index (χ2n) is 8.19. The summed E-state index contributed by atoms with van der Waals surface area (Å²) >= 11 is 0. The summed E-state index contributed by atoms with van der Waals surface area (Å²) in [5, 5.41) is 25.6. The highest BCUT2D eigenvalue weighted by atomic mass is 16.5. The number of nitrogens with one attached hydrogen (secondary N) is 4. The van der Waals surface area contributed by atoms with Crippen molar-refractivity contribution in [1.29, 1.82) is 0 Å². The first-order valence-electron chi connectivity index (χ1n) is 11.3. The summed E-state index contributed by atoms with van der Waals surface area (Å²) in [7, 11) is 0. The number of H-pyrrole nitrogens is 2. The molecule has 36 heavy (non-hydrogen) atoms. The molecule has 1 aliphatic heterocycles. The summed E-state index contributed by atoms with van der Waals surface area (Å²) < 4.78 is 11.0. The van der Waals surface area contributed by atoms with Gasteiger partial charge in [-0.2, -0.15) is 10.3 Å². The van der Waals surface area contributed by atoms with Crippen molar-refractivity contribution in [3.8, 4) is 28.3 Å². The van der Waals surface area contributed by atoms with Gasteiger partial charge in [-0.1, -0.05) is 17.3 Å². The number of aromatic amines is 2. The maximum Gasteiger partial charge on any atom is 0.333 e. The third-order valence-corrected chi connectivity index (χ3v) is 5.96. The van der Waals surface area contributed by atoms with Gasteiger partial charge in [0, 0.05) is 24.2 Å². The van der Waals surface area contributed by atoms with Crippen LogP contribution in [-0.4, -0.2) is 73.9 Å². The van der Waals surface area contributed by atoms with Crippen molar-refractivity contribution in [2.75, 3.05) is 31.6 Å². The molecule has 1 fully saturated rings. The highest BCUT2D eigenvalue weighted by Gasteiger charge is 2.35. The van der Waals surface area contributed by atoms with Crippen LogP contribution < -0.4 is 15.5 Å². The minimum atomic E-state index is -0.414. The maximum atomic E-state index is 13.5. The van der Waals surface area contributed by atoms with Crippen LogP contribution >= 0.6 is 0 Å². The number of carbonyl (C=O) groups is 2. The predicted octanol–water partition coefficient (Wildman–Crippen LogP) is 1.75. The van der Waals surface area contributed by atoms with Crippen LogP contribution in [0.15, 0.2) is 42.5 Å². The normalized spacial score (nSPS) is 14.8. The Bertz CT molecular complexity index is 1410. The zero-order chi connectivity index (χ0) is 24.5. The fraction of sp³-hybridized carbons (Fsp3) is 0.217. The zero-order valence-corrected chi connectivity index (χ0v) is 18.9. The van der Waals surface area contributed by atoms with Crippen molar-refractivity contribution in [3.63, 3.8) is 0 Å². The van der Waals surface area contributed by atoms with E-state index < -0.39 is 6.03 Å². The first-order valence-corrected chi connectivity index (χ1v) is 11.3. The Kier molecular flexibility index (Phi) is 5.59. The number of ketones is 1. The lowest BCUT2D eigenvalue weighted by Gasteiger charge is -2.27. The van der Waals surface area contributed by atoms with Gasteiger partial charge in [-0.05, 0) is 30.3 Å².